The number of carbonyl (C=O) groups is 3. The Morgan fingerprint density at radius 3 is 2.29 bits per heavy atom. The Morgan fingerprint density at radius 2 is 1.60 bits per heavy atom. The summed E-state index contributed by atoms with van der Waals surface area (Å²) in [6, 6.07) is 18.3. The highest BCUT2D eigenvalue weighted by Gasteiger charge is 2.23. The lowest BCUT2D eigenvalue weighted by molar-refractivity contribution is -0.123. The number of esters is 1. The number of ether oxygens (including phenoxy) is 1. The van der Waals surface area contributed by atoms with Gasteiger partial charge in [-0.3, -0.25) is 14.4 Å². The summed E-state index contributed by atoms with van der Waals surface area (Å²) in [5.74, 6) is -1.75. The molecule has 0 aromatic heterocycles. The summed E-state index contributed by atoms with van der Waals surface area (Å²) in [5.41, 5.74) is 2.94. The lowest BCUT2D eigenvalue weighted by atomic mass is 10.1. The first-order valence-electron chi connectivity index (χ1n) is 10.6. The van der Waals surface area contributed by atoms with Crippen LogP contribution in [0.15, 0.2) is 77.7 Å². The summed E-state index contributed by atoms with van der Waals surface area (Å²) < 4.78 is 31.9. The number of urea groups is 1. The summed E-state index contributed by atoms with van der Waals surface area (Å²) in [4.78, 5) is 36.3. The second kappa shape index (κ2) is 10.8. The lowest BCUT2D eigenvalue weighted by Gasteiger charge is -2.19. The number of imide groups is 1. The van der Waals surface area contributed by atoms with Crippen LogP contribution in [0.2, 0.25) is 0 Å². The average molecular weight is 496 g/mol. The molecule has 0 saturated heterocycles. The van der Waals surface area contributed by atoms with E-state index in [2.05, 4.69) is 10.6 Å². The molecule has 0 aliphatic rings. The summed E-state index contributed by atoms with van der Waals surface area (Å²) in [6.07, 6.45) is 0. The predicted octanol–water partition coefficient (Wildman–Crippen LogP) is 3.63. The Labute approximate surface area is 203 Å². The summed E-state index contributed by atoms with van der Waals surface area (Å²) in [7, 11) is -2.53. The van der Waals surface area contributed by atoms with Crippen LogP contribution < -0.4 is 14.9 Å². The number of rotatable bonds is 7. The predicted molar refractivity (Wildman–Crippen MR) is 132 cm³/mol. The molecule has 0 saturated carbocycles. The fourth-order valence-corrected chi connectivity index (χ4v) is 4.32. The maximum atomic E-state index is 12.9. The number of amides is 3. The van der Waals surface area contributed by atoms with Crippen molar-refractivity contribution in [1.29, 1.82) is 0 Å². The Hall–Kier alpha value is -4.18. The number of aryl methyl sites for hydroxylation is 2. The monoisotopic (exact) mass is 495 g/mol. The molecule has 3 amide bonds. The average Bonchev–Trinajstić information content (AvgIpc) is 2.84. The fourth-order valence-electron chi connectivity index (χ4n) is 3.08. The van der Waals surface area contributed by atoms with E-state index in [0.717, 1.165) is 15.4 Å². The molecular formula is C25H25N3O6S. The molecule has 3 aromatic rings. The number of carbonyl (C=O) groups excluding carboxylic acids is 3. The SMILES string of the molecule is Cc1ccc(NC(=O)NC(=O)COC(=O)c2cccc(S(=O)(=O)N(C)c3ccccc3)c2)cc1C. The van der Waals surface area contributed by atoms with E-state index in [1.165, 1.54) is 31.3 Å². The molecule has 0 spiro atoms. The molecule has 0 atom stereocenters. The topological polar surface area (TPSA) is 122 Å². The van der Waals surface area contributed by atoms with E-state index in [1.807, 2.05) is 19.9 Å². The van der Waals surface area contributed by atoms with Crippen LogP contribution in [0.25, 0.3) is 0 Å². The molecule has 3 rings (SSSR count). The van der Waals surface area contributed by atoms with E-state index < -0.39 is 34.5 Å². The fraction of sp³-hybridized carbons (Fsp3) is 0.160. The van der Waals surface area contributed by atoms with Crippen molar-refractivity contribution in [3.05, 3.63) is 89.5 Å². The van der Waals surface area contributed by atoms with E-state index in [0.29, 0.717) is 11.4 Å². The molecule has 10 heteroatoms. The van der Waals surface area contributed by atoms with Crippen molar-refractivity contribution in [2.45, 2.75) is 18.7 Å². The van der Waals surface area contributed by atoms with Crippen molar-refractivity contribution >= 4 is 39.3 Å². The van der Waals surface area contributed by atoms with Gasteiger partial charge in [-0.1, -0.05) is 30.3 Å². The number of para-hydroxylation sites is 1. The van der Waals surface area contributed by atoms with Gasteiger partial charge in [0.1, 0.15) is 0 Å². The van der Waals surface area contributed by atoms with Crippen LogP contribution in [0, 0.1) is 13.8 Å². The van der Waals surface area contributed by atoms with Crippen molar-refractivity contribution < 1.29 is 27.5 Å². The lowest BCUT2D eigenvalue weighted by Crippen LogP contribution is -2.37. The summed E-state index contributed by atoms with van der Waals surface area (Å²) in [6.45, 7) is 3.10. The van der Waals surface area contributed by atoms with Gasteiger partial charge in [-0.25, -0.2) is 18.0 Å². The largest absolute Gasteiger partial charge is 0.452 e. The van der Waals surface area contributed by atoms with E-state index in [4.69, 9.17) is 4.74 Å². The maximum Gasteiger partial charge on any atom is 0.338 e. The quantitative estimate of drug-likeness (QED) is 0.483. The number of nitrogens with zero attached hydrogens (tertiary/aromatic N) is 1. The highest BCUT2D eigenvalue weighted by atomic mass is 32.2. The van der Waals surface area contributed by atoms with Crippen LogP contribution in [0.1, 0.15) is 21.5 Å². The van der Waals surface area contributed by atoms with Gasteiger partial charge in [-0.15, -0.1) is 0 Å². The minimum absolute atomic E-state index is 0.0556. The Balaban J connectivity index is 1.59. The van der Waals surface area contributed by atoms with Crippen molar-refractivity contribution in [3.63, 3.8) is 0 Å². The molecule has 0 aliphatic carbocycles. The van der Waals surface area contributed by atoms with Crippen LogP contribution in [0.3, 0.4) is 0 Å². The Bertz CT molecular complexity index is 1360. The van der Waals surface area contributed by atoms with Crippen molar-refractivity contribution in [2.75, 3.05) is 23.3 Å². The first-order valence-corrected chi connectivity index (χ1v) is 12.0. The van der Waals surface area contributed by atoms with Gasteiger partial charge in [0, 0.05) is 12.7 Å². The first-order chi connectivity index (χ1) is 16.6. The van der Waals surface area contributed by atoms with Crippen LogP contribution in [-0.4, -0.2) is 40.0 Å². The minimum Gasteiger partial charge on any atom is -0.452 e. The van der Waals surface area contributed by atoms with Gasteiger partial charge in [0.05, 0.1) is 16.1 Å². The molecule has 35 heavy (non-hydrogen) atoms. The van der Waals surface area contributed by atoms with Crippen LogP contribution >= 0.6 is 0 Å². The standard InChI is InChI=1S/C25H25N3O6S/c1-17-12-13-20(14-18(17)2)26-25(31)27-23(29)16-34-24(30)19-8-7-11-22(15-19)35(32,33)28(3)21-9-5-4-6-10-21/h4-15H,16H2,1-3H3,(H2,26,27,29,31). The molecule has 0 unspecified atom stereocenters. The van der Waals surface area contributed by atoms with Gasteiger partial charge in [-0.2, -0.15) is 0 Å². The molecule has 2 N–H and O–H groups in total. The van der Waals surface area contributed by atoms with Crippen molar-refractivity contribution in [2.24, 2.45) is 0 Å². The van der Waals surface area contributed by atoms with Gasteiger partial charge in [0.25, 0.3) is 15.9 Å². The third-order valence-electron chi connectivity index (χ3n) is 5.20. The van der Waals surface area contributed by atoms with E-state index in [1.54, 1.807) is 42.5 Å². The second-order valence-corrected chi connectivity index (χ2v) is 9.68. The summed E-state index contributed by atoms with van der Waals surface area (Å²) >= 11 is 0. The third kappa shape index (κ3) is 6.45. The van der Waals surface area contributed by atoms with Gasteiger partial charge < -0.3 is 10.1 Å². The van der Waals surface area contributed by atoms with Crippen molar-refractivity contribution in [3.8, 4) is 0 Å². The normalized spacial score (nSPS) is 10.8. The maximum absolute atomic E-state index is 12.9. The van der Waals surface area contributed by atoms with E-state index >= 15 is 0 Å². The third-order valence-corrected chi connectivity index (χ3v) is 6.98. The zero-order chi connectivity index (χ0) is 25.6. The smallest absolute Gasteiger partial charge is 0.338 e. The molecule has 0 radical (unpaired) electrons. The van der Waals surface area contributed by atoms with Gasteiger partial charge in [-0.05, 0) is 67.4 Å². The zero-order valence-corrected chi connectivity index (χ0v) is 20.3. The van der Waals surface area contributed by atoms with E-state index in [-0.39, 0.29) is 10.5 Å². The molecule has 182 valence electrons. The number of hydrogen-bond acceptors (Lipinski definition) is 6. The van der Waals surface area contributed by atoms with Gasteiger partial charge in [0.2, 0.25) is 0 Å². The zero-order valence-electron chi connectivity index (χ0n) is 19.4. The molecule has 9 nitrogen and oxygen atoms in total. The Kier molecular flexibility index (Phi) is 7.87. The molecule has 0 aliphatic heterocycles. The number of hydrogen-bond donors (Lipinski definition) is 2. The molecule has 0 fully saturated rings. The summed E-state index contributed by atoms with van der Waals surface area (Å²) in [5, 5.41) is 4.59. The number of nitrogens with one attached hydrogen (secondary N) is 2. The molecular weight excluding hydrogens is 470 g/mol. The first kappa shape index (κ1) is 25.4. The van der Waals surface area contributed by atoms with Crippen LogP contribution in [-0.2, 0) is 19.6 Å². The molecule has 0 heterocycles. The minimum atomic E-state index is -3.94. The number of benzene rings is 3. The van der Waals surface area contributed by atoms with E-state index in [9.17, 15) is 22.8 Å². The number of sulfonamides is 1. The molecule has 0 bridgehead atoms. The molecule has 3 aromatic carbocycles. The van der Waals surface area contributed by atoms with Gasteiger partial charge >= 0.3 is 12.0 Å². The highest BCUT2D eigenvalue weighted by Crippen LogP contribution is 2.22. The highest BCUT2D eigenvalue weighted by molar-refractivity contribution is 7.92. The van der Waals surface area contributed by atoms with Crippen molar-refractivity contribution in [1.82, 2.24) is 5.32 Å². The van der Waals surface area contributed by atoms with Crippen LogP contribution in [0.4, 0.5) is 16.2 Å². The number of anilines is 2. The van der Waals surface area contributed by atoms with Gasteiger partial charge in [0.15, 0.2) is 6.61 Å². The van der Waals surface area contributed by atoms with Crippen LogP contribution in [0.5, 0.6) is 0 Å². The Morgan fingerprint density at radius 1 is 0.886 bits per heavy atom. The second-order valence-electron chi connectivity index (χ2n) is 7.71.